The lowest BCUT2D eigenvalue weighted by Crippen LogP contribution is -2.40. The molecule has 0 saturated carbocycles. The molecular weight excluding hydrogens is 224 g/mol. The third-order valence-electron chi connectivity index (χ3n) is 2.92. The molecule has 0 radical (unpaired) electrons. The van der Waals surface area contributed by atoms with Crippen LogP contribution in [0.1, 0.15) is 38.6 Å². The standard InChI is InChI=1S/C14H26N4/c1-6-7-18(10-14(4,5)9-15)13-16-11(2)8-12(3)17-13/h8H,6-7,9-10,15H2,1-5H3. The molecule has 0 amide bonds. The van der Waals surface area contributed by atoms with Gasteiger partial charge < -0.3 is 10.6 Å². The summed E-state index contributed by atoms with van der Waals surface area (Å²) in [6.45, 7) is 13.1. The van der Waals surface area contributed by atoms with Crippen LogP contribution in [0.2, 0.25) is 0 Å². The van der Waals surface area contributed by atoms with E-state index in [-0.39, 0.29) is 5.41 Å². The van der Waals surface area contributed by atoms with Crippen molar-refractivity contribution in [1.82, 2.24) is 9.97 Å². The highest BCUT2D eigenvalue weighted by molar-refractivity contribution is 5.32. The van der Waals surface area contributed by atoms with Gasteiger partial charge in [0.1, 0.15) is 0 Å². The predicted octanol–water partition coefficient (Wildman–Crippen LogP) is 2.29. The normalized spacial score (nSPS) is 11.7. The first-order valence-corrected chi connectivity index (χ1v) is 6.65. The molecular formula is C14H26N4. The molecule has 4 heteroatoms. The summed E-state index contributed by atoms with van der Waals surface area (Å²) in [5.74, 6) is 0.830. The van der Waals surface area contributed by atoms with Crippen molar-refractivity contribution in [3.8, 4) is 0 Å². The van der Waals surface area contributed by atoms with Crippen molar-refractivity contribution in [3.63, 3.8) is 0 Å². The summed E-state index contributed by atoms with van der Waals surface area (Å²) in [6.07, 6.45) is 1.08. The maximum atomic E-state index is 5.82. The maximum Gasteiger partial charge on any atom is 0.225 e. The van der Waals surface area contributed by atoms with Crippen molar-refractivity contribution in [3.05, 3.63) is 17.5 Å². The van der Waals surface area contributed by atoms with Gasteiger partial charge in [-0.25, -0.2) is 9.97 Å². The Morgan fingerprint density at radius 2 is 1.78 bits per heavy atom. The molecule has 1 aromatic heterocycles. The number of hydrogen-bond acceptors (Lipinski definition) is 4. The van der Waals surface area contributed by atoms with Crippen molar-refractivity contribution in [2.45, 2.75) is 41.0 Å². The van der Waals surface area contributed by atoms with Gasteiger partial charge in [-0.2, -0.15) is 0 Å². The average molecular weight is 250 g/mol. The van der Waals surface area contributed by atoms with Crippen LogP contribution in [0.5, 0.6) is 0 Å². The van der Waals surface area contributed by atoms with Crippen molar-refractivity contribution in [2.24, 2.45) is 11.1 Å². The molecule has 0 aliphatic heterocycles. The fourth-order valence-corrected chi connectivity index (χ4v) is 1.95. The number of nitrogens with zero attached hydrogens (tertiary/aromatic N) is 3. The minimum Gasteiger partial charge on any atom is -0.340 e. The van der Waals surface area contributed by atoms with Gasteiger partial charge in [-0.3, -0.25) is 0 Å². The molecule has 0 unspecified atom stereocenters. The Morgan fingerprint density at radius 1 is 1.22 bits per heavy atom. The molecule has 0 saturated heterocycles. The lowest BCUT2D eigenvalue weighted by atomic mass is 9.93. The van der Waals surface area contributed by atoms with Crippen LogP contribution in [-0.2, 0) is 0 Å². The van der Waals surface area contributed by atoms with Gasteiger partial charge in [-0.05, 0) is 38.3 Å². The largest absolute Gasteiger partial charge is 0.340 e. The Kier molecular flexibility index (Phi) is 5.08. The van der Waals surface area contributed by atoms with Crippen LogP contribution in [0.4, 0.5) is 5.95 Å². The summed E-state index contributed by atoms with van der Waals surface area (Å²) in [4.78, 5) is 11.3. The van der Waals surface area contributed by atoms with Gasteiger partial charge in [0.05, 0.1) is 0 Å². The summed E-state index contributed by atoms with van der Waals surface area (Å²) >= 11 is 0. The van der Waals surface area contributed by atoms with Crippen molar-refractivity contribution in [1.29, 1.82) is 0 Å². The second-order valence-electron chi connectivity index (χ2n) is 5.74. The zero-order valence-corrected chi connectivity index (χ0v) is 12.3. The van der Waals surface area contributed by atoms with Crippen molar-refractivity contribution >= 4 is 5.95 Å². The van der Waals surface area contributed by atoms with Crippen LogP contribution in [0.15, 0.2) is 6.07 Å². The van der Waals surface area contributed by atoms with Crippen LogP contribution in [0.25, 0.3) is 0 Å². The summed E-state index contributed by atoms with van der Waals surface area (Å²) < 4.78 is 0. The molecule has 1 rings (SSSR count). The van der Waals surface area contributed by atoms with Crippen LogP contribution in [0.3, 0.4) is 0 Å². The topological polar surface area (TPSA) is 55.0 Å². The highest BCUT2D eigenvalue weighted by Crippen LogP contribution is 2.19. The molecule has 0 aliphatic rings. The summed E-state index contributed by atoms with van der Waals surface area (Å²) in [7, 11) is 0. The van der Waals surface area contributed by atoms with Crippen LogP contribution in [0, 0.1) is 19.3 Å². The molecule has 0 atom stereocenters. The first-order valence-electron chi connectivity index (χ1n) is 6.65. The van der Waals surface area contributed by atoms with Crippen LogP contribution >= 0.6 is 0 Å². The van der Waals surface area contributed by atoms with E-state index in [4.69, 9.17) is 5.73 Å². The minimum absolute atomic E-state index is 0.0795. The van der Waals surface area contributed by atoms with Gasteiger partial charge >= 0.3 is 0 Å². The van der Waals surface area contributed by atoms with E-state index < -0.39 is 0 Å². The molecule has 18 heavy (non-hydrogen) atoms. The molecule has 0 spiro atoms. The molecule has 1 heterocycles. The molecule has 102 valence electrons. The predicted molar refractivity (Wildman–Crippen MR) is 76.8 cm³/mol. The molecule has 0 aromatic carbocycles. The quantitative estimate of drug-likeness (QED) is 0.841. The highest BCUT2D eigenvalue weighted by Gasteiger charge is 2.21. The second kappa shape index (κ2) is 6.14. The summed E-state index contributed by atoms with van der Waals surface area (Å²) in [5, 5.41) is 0. The Morgan fingerprint density at radius 3 is 2.22 bits per heavy atom. The van der Waals surface area contributed by atoms with E-state index >= 15 is 0 Å². The zero-order chi connectivity index (χ0) is 13.8. The Hall–Kier alpha value is -1.16. The Balaban J connectivity index is 2.96. The van der Waals surface area contributed by atoms with Gasteiger partial charge in [-0.15, -0.1) is 0 Å². The number of aryl methyl sites for hydroxylation is 2. The molecule has 0 aliphatic carbocycles. The maximum absolute atomic E-state index is 5.82. The molecule has 0 bridgehead atoms. The second-order valence-corrected chi connectivity index (χ2v) is 5.74. The molecule has 1 aromatic rings. The van der Waals surface area contributed by atoms with E-state index in [2.05, 4.69) is 35.6 Å². The third kappa shape index (κ3) is 4.26. The molecule has 0 fully saturated rings. The fourth-order valence-electron chi connectivity index (χ4n) is 1.95. The minimum atomic E-state index is 0.0795. The number of nitrogens with two attached hydrogens (primary N) is 1. The van der Waals surface area contributed by atoms with Gasteiger partial charge in [0.25, 0.3) is 0 Å². The van der Waals surface area contributed by atoms with Gasteiger partial charge in [-0.1, -0.05) is 20.8 Å². The SMILES string of the molecule is CCCN(CC(C)(C)CN)c1nc(C)cc(C)n1. The van der Waals surface area contributed by atoms with E-state index in [9.17, 15) is 0 Å². The summed E-state index contributed by atoms with van der Waals surface area (Å²) in [6, 6.07) is 2.00. The fraction of sp³-hybridized carbons (Fsp3) is 0.714. The number of hydrogen-bond donors (Lipinski definition) is 1. The molecule has 4 nitrogen and oxygen atoms in total. The van der Waals surface area contributed by atoms with Crippen LogP contribution < -0.4 is 10.6 Å². The first kappa shape index (κ1) is 14.9. The lowest BCUT2D eigenvalue weighted by Gasteiger charge is -2.32. The Bertz CT molecular complexity index is 367. The smallest absolute Gasteiger partial charge is 0.225 e. The van der Waals surface area contributed by atoms with E-state index in [1.165, 1.54) is 0 Å². The van der Waals surface area contributed by atoms with Gasteiger partial charge in [0, 0.05) is 24.5 Å². The van der Waals surface area contributed by atoms with E-state index in [0.717, 1.165) is 36.8 Å². The zero-order valence-electron chi connectivity index (χ0n) is 12.3. The monoisotopic (exact) mass is 250 g/mol. The molecule has 2 N–H and O–H groups in total. The van der Waals surface area contributed by atoms with E-state index in [1.54, 1.807) is 0 Å². The number of rotatable bonds is 6. The van der Waals surface area contributed by atoms with Crippen LogP contribution in [-0.4, -0.2) is 29.6 Å². The highest BCUT2D eigenvalue weighted by atomic mass is 15.3. The third-order valence-corrected chi connectivity index (χ3v) is 2.92. The number of anilines is 1. The first-order chi connectivity index (χ1) is 8.38. The van der Waals surface area contributed by atoms with Gasteiger partial charge in [0.2, 0.25) is 5.95 Å². The Labute approximate surface area is 111 Å². The number of aromatic nitrogens is 2. The lowest BCUT2D eigenvalue weighted by molar-refractivity contribution is 0.375. The van der Waals surface area contributed by atoms with E-state index in [1.807, 2.05) is 19.9 Å². The van der Waals surface area contributed by atoms with Crippen molar-refractivity contribution in [2.75, 3.05) is 24.5 Å². The summed E-state index contributed by atoms with van der Waals surface area (Å²) in [5.41, 5.74) is 7.94. The average Bonchev–Trinajstić information content (AvgIpc) is 2.27. The van der Waals surface area contributed by atoms with E-state index in [0.29, 0.717) is 6.54 Å². The van der Waals surface area contributed by atoms with Crippen molar-refractivity contribution < 1.29 is 0 Å². The van der Waals surface area contributed by atoms with Gasteiger partial charge in [0.15, 0.2) is 0 Å².